The van der Waals surface area contributed by atoms with Crippen LogP contribution in [0.3, 0.4) is 0 Å². The molecule has 0 bridgehead atoms. The van der Waals surface area contributed by atoms with Gasteiger partial charge in [-0.1, -0.05) is 36.4 Å². The van der Waals surface area contributed by atoms with E-state index in [1.807, 2.05) is 48.5 Å². The normalized spacial score (nSPS) is 12.2. The van der Waals surface area contributed by atoms with Crippen molar-refractivity contribution in [1.82, 2.24) is 9.88 Å². The van der Waals surface area contributed by atoms with Gasteiger partial charge in [0, 0.05) is 38.6 Å². The van der Waals surface area contributed by atoms with Gasteiger partial charge in [0.2, 0.25) is 12.7 Å². The summed E-state index contributed by atoms with van der Waals surface area (Å²) in [4.78, 5) is 19.0. The molecular weight excluding hydrogens is 384 g/mol. The molecule has 156 valence electrons. The smallest absolute Gasteiger partial charge is 0.231 e. The van der Waals surface area contributed by atoms with Crippen molar-refractivity contribution in [3.8, 4) is 22.8 Å². The van der Waals surface area contributed by atoms with E-state index in [0.717, 1.165) is 16.9 Å². The van der Waals surface area contributed by atoms with Crippen molar-refractivity contribution in [3.63, 3.8) is 0 Å². The van der Waals surface area contributed by atoms with Crippen molar-refractivity contribution in [3.05, 3.63) is 66.2 Å². The average molecular weight is 408 g/mol. The summed E-state index contributed by atoms with van der Waals surface area (Å²) >= 11 is 0. The average Bonchev–Trinajstić information content (AvgIpc) is 3.44. The maximum Gasteiger partial charge on any atom is 0.231 e. The zero-order valence-corrected chi connectivity index (χ0v) is 16.9. The van der Waals surface area contributed by atoms with Crippen LogP contribution in [0.4, 0.5) is 0 Å². The third-order valence-electron chi connectivity index (χ3n) is 4.89. The maximum atomic E-state index is 12.9. The number of hydrogen-bond donors (Lipinski definition) is 0. The number of hydrogen-bond acceptors (Lipinski definition) is 6. The van der Waals surface area contributed by atoms with Gasteiger partial charge in [-0.25, -0.2) is 4.98 Å². The number of rotatable bonds is 9. The zero-order chi connectivity index (χ0) is 20.8. The van der Waals surface area contributed by atoms with Crippen LogP contribution in [0.15, 0.2) is 59.1 Å². The number of methoxy groups -OCH3 is 1. The first-order chi connectivity index (χ1) is 14.7. The molecule has 7 heteroatoms. The SMILES string of the molecule is COCCN(Cc1ccc2c(c1)OCO2)C(=O)CCc1ncc(-c2ccccc2)o1. The van der Waals surface area contributed by atoms with Crippen LogP contribution in [0, 0.1) is 0 Å². The van der Waals surface area contributed by atoms with E-state index >= 15 is 0 Å². The minimum absolute atomic E-state index is 0.0178. The first-order valence-electron chi connectivity index (χ1n) is 9.88. The molecule has 4 rings (SSSR count). The molecule has 0 fully saturated rings. The molecule has 1 amide bonds. The Labute approximate surface area is 175 Å². The standard InChI is InChI=1S/C23H24N2O5/c1-27-12-11-25(15-17-7-8-19-20(13-17)29-16-28-19)23(26)10-9-22-24-14-21(30-22)18-5-3-2-4-6-18/h2-8,13-14H,9-12,15-16H2,1H3. The Kier molecular flexibility index (Phi) is 6.29. The molecular formula is C23H24N2O5. The van der Waals surface area contributed by atoms with Crippen LogP contribution in [0.1, 0.15) is 17.9 Å². The predicted octanol–water partition coefficient (Wildman–Crippen LogP) is 3.68. The number of carbonyl (C=O) groups excluding carboxylic acids is 1. The van der Waals surface area contributed by atoms with E-state index < -0.39 is 0 Å². The van der Waals surface area contributed by atoms with E-state index in [1.54, 1.807) is 18.2 Å². The van der Waals surface area contributed by atoms with Crippen LogP contribution in [0.5, 0.6) is 11.5 Å². The molecule has 1 aliphatic rings. The van der Waals surface area contributed by atoms with Gasteiger partial charge in [-0.15, -0.1) is 0 Å². The van der Waals surface area contributed by atoms with Gasteiger partial charge in [-0.2, -0.15) is 0 Å². The second kappa shape index (κ2) is 9.45. The fourth-order valence-electron chi connectivity index (χ4n) is 3.29. The first-order valence-corrected chi connectivity index (χ1v) is 9.88. The minimum Gasteiger partial charge on any atom is -0.454 e. The number of aryl methyl sites for hydroxylation is 1. The number of fused-ring (bicyclic) bond motifs is 1. The number of carbonyl (C=O) groups is 1. The summed E-state index contributed by atoms with van der Waals surface area (Å²) in [7, 11) is 1.63. The molecule has 0 saturated carbocycles. The lowest BCUT2D eigenvalue weighted by Crippen LogP contribution is -2.33. The van der Waals surface area contributed by atoms with Gasteiger partial charge in [0.25, 0.3) is 0 Å². The van der Waals surface area contributed by atoms with Crippen molar-refractivity contribution in [2.75, 3.05) is 27.1 Å². The van der Waals surface area contributed by atoms with E-state index in [1.165, 1.54) is 0 Å². The quantitative estimate of drug-likeness (QED) is 0.538. The number of ether oxygens (including phenoxy) is 3. The molecule has 30 heavy (non-hydrogen) atoms. The Morgan fingerprint density at radius 1 is 1.13 bits per heavy atom. The Morgan fingerprint density at radius 2 is 1.97 bits per heavy atom. The van der Waals surface area contributed by atoms with Crippen molar-refractivity contribution < 1.29 is 23.4 Å². The van der Waals surface area contributed by atoms with Crippen LogP contribution < -0.4 is 9.47 Å². The molecule has 7 nitrogen and oxygen atoms in total. The lowest BCUT2D eigenvalue weighted by atomic mass is 10.1. The van der Waals surface area contributed by atoms with E-state index in [0.29, 0.717) is 49.9 Å². The van der Waals surface area contributed by atoms with Crippen LogP contribution in [0.2, 0.25) is 0 Å². The fraction of sp³-hybridized carbons (Fsp3) is 0.304. The van der Waals surface area contributed by atoms with E-state index in [9.17, 15) is 4.79 Å². The third kappa shape index (κ3) is 4.80. The summed E-state index contributed by atoms with van der Waals surface area (Å²) in [5, 5.41) is 0. The second-order valence-corrected chi connectivity index (χ2v) is 6.98. The molecule has 1 aromatic heterocycles. The highest BCUT2D eigenvalue weighted by Gasteiger charge is 2.18. The number of nitrogens with zero attached hydrogens (tertiary/aromatic N) is 2. The van der Waals surface area contributed by atoms with Gasteiger partial charge in [-0.3, -0.25) is 4.79 Å². The Morgan fingerprint density at radius 3 is 2.80 bits per heavy atom. The Hall–Kier alpha value is -3.32. The van der Waals surface area contributed by atoms with E-state index in [-0.39, 0.29) is 12.7 Å². The Balaban J connectivity index is 1.38. The van der Waals surface area contributed by atoms with Crippen molar-refractivity contribution in [2.24, 2.45) is 0 Å². The van der Waals surface area contributed by atoms with Crippen LogP contribution in [0.25, 0.3) is 11.3 Å². The van der Waals surface area contributed by atoms with Gasteiger partial charge in [-0.05, 0) is 17.7 Å². The van der Waals surface area contributed by atoms with Crippen molar-refractivity contribution in [2.45, 2.75) is 19.4 Å². The number of aromatic nitrogens is 1. The van der Waals surface area contributed by atoms with Gasteiger partial charge in [0.1, 0.15) is 0 Å². The van der Waals surface area contributed by atoms with Gasteiger partial charge in [0.05, 0.1) is 12.8 Å². The second-order valence-electron chi connectivity index (χ2n) is 6.98. The minimum atomic E-state index is 0.0178. The van der Waals surface area contributed by atoms with Crippen LogP contribution >= 0.6 is 0 Å². The van der Waals surface area contributed by atoms with E-state index in [2.05, 4.69) is 4.98 Å². The Bertz CT molecular complexity index is 986. The molecule has 2 aromatic carbocycles. The first kappa shape index (κ1) is 20.0. The summed E-state index contributed by atoms with van der Waals surface area (Å²) in [5.41, 5.74) is 1.94. The highest BCUT2D eigenvalue weighted by atomic mass is 16.7. The largest absolute Gasteiger partial charge is 0.454 e. The summed E-state index contributed by atoms with van der Waals surface area (Å²) in [6, 6.07) is 15.5. The third-order valence-corrected chi connectivity index (χ3v) is 4.89. The van der Waals surface area contributed by atoms with Crippen molar-refractivity contribution in [1.29, 1.82) is 0 Å². The monoisotopic (exact) mass is 408 g/mol. The molecule has 3 aromatic rings. The molecule has 2 heterocycles. The van der Waals surface area contributed by atoms with Crippen molar-refractivity contribution >= 4 is 5.91 Å². The lowest BCUT2D eigenvalue weighted by molar-refractivity contribution is -0.132. The summed E-state index contributed by atoms with van der Waals surface area (Å²) < 4.78 is 21.8. The lowest BCUT2D eigenvalue weighted by Gasteiger charge is -2.22. The number of amides is 1. The predicted molar refractivity (Wildman–Crippen MR) is 110 cm³/mol. The summed E-state index contributed by atoms with van der Waals surface area (Å²) in [6.07, 6.45) is 2.45. The zero-order valence-electron chi connectivity index (χ0n) is 16.9. The fourth-order valence-corrected chi connectivity index (χ4v) is 3.29. The molecule has 0 atom stereocenters. The molecule has 0 radical (unpaired) electrons. The molecule has 1 aliphatic heterocycles. The van der Waals surface area contributed by atoms with Gasteiger partial charge >= 0.3 is 0 Å². The van der Waals surface area contributed by atoms with E-state index in [4.69, 9.17) is 18.6 Å². The number of benzene rings is 2. The summed E-state index contributed by atoms with van der Waals surface area (Å²) in [5.74, 6) is 2.71. The molecule has 0 saturated heterocycles. The molecule has 0 N–H and O–H groups in total. The summed E-state index contributed by atoms with van der Waals surface area (Å²) in [6.45, 7) is 1.67. The number of oxazole rings is 1. The molecule has 0 aliphatic carbocycles. The molecule has 0 unspecified atom stereocenters. The topological polar surface area (TPSA) is 74.0 Å². The van der Waals surface area contributed by atoms with Crippen LogP contribution in [-0.4, -0.2) is 42.8 Å². The van der Waals surface area contributed by atoms with Gasteiger partial charge in [0.15, 0.2) is 23.1 Å². The van der Waals surface area contributed by atoms with Gasteiger partial charge < -0.3 is 23.5 Å². The van der Waals surface area contributed by atoms with Crippen LogP contribution in [-0.2, 0) is 22.5 Å². The highest BCUT2D eigenvalue weighted by molar-refractivity contribution is 5.76. The molecule has 0 spiro atoms. The highest BCUT2D eigenvalue weighted by Crippen LogP contribution is 2.32. The maximum absolute atomic E-state index is 12.9.